The molecule has 0 atom stereocenters. The van der Waals surface area contributed by atoms with Gasteiger partial charge in [0.2, 0.25) is 6.41 Å². The molecule has 4 nitrogen and oxygen atoms in total. The van der Waals surface area contributed by atoms with Gasteiger partial charge in [-0.2, -0.15) is 5.26 Å². The van der Waals surface area contributed by atoms with E-state index in [0.717, 1.165) is 44.5 Å². The number of carbonyl (C=O) groups excluding carboxylic acids is 1. The summed E-state index contributed by atoms with van der Waals surface area (Å²) < 4.78 is 1.96. The molecule has 1 amide bonds. The molecule has 0 saturated carbocycles. The van der Waals surface area contributed by atoms with Crippen molar-refractivity contribution in [3.63, 3.8) is 0 Å². The molecule has 1 fully saturated rings. The second kappa shape index (κ2) is 4.21. The highest BCUT2D eigenvalue weighted by atomic mass is 32.2. The molecule has 1 aliphatic rings. The first kappa shape index (κ1) is 8.37. The van der Waals surface area contributed by atoms with Crippen LogP contribution in [0.2, 0.25) is 0 Å². The molecule has 1 saturated heterocycles. The average molecular weight is 171 g/mol. The molecule has 0 aromatic carbocycles. The Hall–Kier alpha value is -0.730. The maximum atomic E-state index is 10.3. The van der Waals surface area contributed by atoms with Crippen LogP contribution in [-0.4, -0.2) is 41.8 Å². The number of piperazine rings is 1. The van der Waals surface area contributed by atoms with E-state index in [2.05, 4.69) is 0 Å². The van der Waals surface area contributed by atoms with E-state index in [0.29, 0.717) is 0 Å². The molecule has 1 heterocycles. The molecule has 0 aromatic rings. The molecule has 0 aliphatic carbocycles. The van der Waals surface area contributed by atoms with E-state index in [1.807, 2.05) is 9.71 Å². The molecule has 0 unspecified atom stereocenters. The maximum absolute atomic E-state index is 10.3. The van der Waals surface area contributed by atoms with Crippen LogP contribution in [0, 0.1) is 10.7 Å². The summed E-state index contributed by atoms with van der Waals surface area (Å²) in [4.78, 5) is 12.0. The second-order valence-electron chi connectivity index (χ2n) is 2.25. The van der Waals surface area contributed by atoms with E-state index in [1.54, 1.807) is 4.90 Å². The number of hydrogen-bond donors (Lipinski definition) is 0. The van der Waals surface area contributed by atoms with Crippen molar-refractivity contribution < 1.29 is 4.79 Å². The van der Waals surface area contributed by atoms with Crippen LogP contribution in [-0.2, 0) is 4.79 Å². The lowest BCUT2D eigenvalue weighted by Crippen LogP contribution is -2.42. The van der Waals surface area contributed by atoms with E-state index in [9.17, 15) is 4.79 Å². The molecule has 5 heteroatoms. The third kappa shape index (κ3) is 2.41. The number of nitrogens with zero attached hydrogens (tertiary/aromatic N) is 3. The van der Waals surface area contributed by atoms with Crippen molar-refractivity contribution in [1.82, 2.24) is 9.21 Å². The number of carbonyl (C=O) groups is 1. The summed E-state index contributed by atoms with van der Waals surface area (Å²) in [5.74, 6) is 0. The highest BCUT2D eigenvalue weighted by Crippen LogP contribution is 2.10. The Labute approximate surface area is 69.9 Å². The van der Waals surface area contributed by atoms with Gasteiger partial charge in [-0.1, -0.05) is 0 Å². The fourth-order valence-electron chi connectivity index (χ4n) is 0.958. The number of amides is 1. The van der Waals surface area contributed by atoms with Crippen LogP contribution < -0.4 is 0 Å². The van der Waals surface area contributed by atoms with Crippen LogP contribution >= 0.6 is 11.9 Å². The molecule has 0 radical (unpaired) electrons. The molecule has 1 aliphatic heterocycles. The van der Waals surface area contributed by atoms with Gasteiger partial charge in [0.15, 0.2) is 0 Å². The summed E-state index contributed by atoms with van der Waals surface area (Å²) in [6.45, 7) is 3.05. The van der Waals surface area contributed by atoms with Crippen molar-refractivity contribution >= 4 is 18.4 Å². The van der Waals surface area contributed by atoms with Crippen LogP contribution in [0.1, 0.15) is 0 Å². The zero-order valence-corrected chi connectivity index (χ0v) is 6.88. The smallest absolute Gasteiger partial charge is 0.209 e. The minimum Gasteiger partial charge on any atom is -0.343 e. The van der Waals surface area contributed by atoms with E-state index in [1.165, 1.54) is 0 Å². The van der Waals surface area contributed by atoms with Gasteiger partial charge in [-0.3, -0.25) is 4.79 Å². The lowest BCUT2D eigenvalue weighted by Gasteiger charge is -2.29. The Morgan fingerprint density at radius 3 is 2.45 bits per heavy atom. The van der Waals surface area contributed by atoms with Crippen LogP contribution in [0.5, 0.6) is 0 Å². The van der Waals surface area contributed by atoms with Crippen molar-refractivity contribution in [3.05, 3.63) is 0 Å². The van der Waals surface area contributed by atoms with Gasteiger partial charge in [0, 0.05) is 38.1 Å². The van der Waals surface area contributed by atoms with E-state index in [-0.39, 0.29) is 0 Å². The minimum absolute atomic E-state index is 0.734. The van der Waals surface area contributed by atoms with E-state index >= 15 is 0 Å². The van der Waals surface area contributed by atoms with Crippen molar-refractivity contribution in [2.45, 2.75) is 0 Å². The monoisotopic (exact) mass is 171 g/mol. The minimum atomic E-state index is 0.734. The SMILES string of the molecule is N#CSN1CCN(C=O)CC1. The van der Waals surface area contributed by atoms with Crippen molar-refractivity contribution in [2.75, 3.05) is 26.2 Å². The Kier molecular flexibility index (Phi) is 3.20. The zero-order valence-electron chi connectivity index (χ0n) is 6.06. The fourth-order valence-corrected chi connectivity index (χ4v) is 1.42. The molecule has 11 heavy (non-hydrogen) atoms. The first-order valence-corrected chi connectivity index (χ1v) is 4.14. The van der Waals surface area contributed by atoms with Crippen LogP contribution in [0.25, 0.3) is 0 Å². The number of hydrogen-bond acceptors (Lipinski definition) is 4. The Morgan fingerprint density at radius 2 is 2.00 bits per heavy atom. The zero-order chi connectivity index (χ0) is 8.10. The highest BCUT2D eigenvalue weighted by molar-refractivity contribution is 8.01. The molecule has 0 bridgehead atoms. The van der Waals surface area contributed by atoms with Gasteiger partial charge in [-0.15, -0.1) is 0 Å². The van der Waals surface area contributed by atoms with Crippen LogP contribution in [0.15, 0.2) is 0 Å². The highest BCUT2D eigenvalue weighted by Gasteiger charge is 2.14. The third-order valence-corrected chi connectivity index (χ3v) is 2.30. The van der Waals surface area contributed by atoms with Gasteiger partial charge in [0.1, 0.15) is 5.40 Å². The lowest BCUT2D eigenvalue weighted by molar-refractivity contribution is -0.119. The van der Waals surface area contributed by atoms with Crippen LogP contribution in [0.3, 0.4) is 0 Å². The summed E-state index contributed by atoms with van der Waals surface area (Å²) in [6, 6.07) is 0. The van der Waals surface area contributed by atoms with E-state index < -0.39 is 0 Å². The van der Waals surface area contributed by atoms with Crippen molar-refractivity contribution in [2.24, 2.45) is 0 Å². The predicted octanol–water partition coefficient (Wildman–Crippen LogP) is -0.110. The second-order valence-corrected chi connectivity index (χ2v) is 3.13. The van der Waals surface area contributed by atoms with Gasteiger partial charge in [-0.05, 0) is 0 Å². The Balaban J connectivity index is 2.25. The molecule has 60 valence electrons. The molecular formula is C6H9N3OS. The first-order chi connectivity index (χ1) is 5.36. The van der Waals surface area contributed by atoms with Crippen molar-refractivity contribution in [3.8, 4) is 5.40 Å². The Bertz CT molecular complexity index is 171. The van der Waals surface area contributed by atoms with Crippen molar-refractivity contribution in [1.29, 1.82) is 5.26 Å². The molecule has 0 spiro atoms. The first-order valence-electron chi connectivity index (χ1n) is 3.37. The molecule has 0 N–H and O–H groups in total. The Morgan fingerprint density at radius 1 is 1.36 bits per heavy atom. The quantitative estimate of drug-likeness (QED) is 0.330. The number of rotatable bonds is 2. The summed E-state index contributed by atoms with van der Waals surface area (Å²) >= 11 is 1.16. The summed E-state index contributed by atoms with van der Waals surface area (Å²) in [5.41, 5.74) is 0. The van der Waals surface area contributed by atoms with Gasteiger partial charge in [0.25, 0.3) is 0 Å². The normalized spacial score (nSPS) is 19.4. The standard InChI is InChI=1S/C6H9N3OS/c7-5-11-9-3-1-8(6-10)2-4-9/h6H,1-4H2. The topological polar surface area (TPSA) is 47.3 Å². The largest absolute Gasteiger partial charge is 0.343 e. The summed E-state index contributed by atoms with van der Waals surface area (Å²) in [7, 11) is 0. The maximum Gasteiger partial charge on any atom is 0.209 e. The lowest BCUT2D eigenvalue weighted by atomic mass is 10.4. The van der Waals surface area contributed by atoms with Gasteiger partial charge in [0.05, 0.1) is 0 Å². The average Bonchev–Trinajstić information content (AvgIpc) is 2.07. The third-order valence-electron chi connectivity index (χ3n) is 1.59. The fraction of sp³-hybridized carbons (Fsp3) is 0.667. The predicted molar refractivity (Wildman–Crippen MR) is 42.4 cm³/mol. The summed E-state index contributed by atoms with van der Waals surface area (Å²) in [5, 5.41) is 10.3. The van der Waals surface area contributed by atoms with Gasteiger partial charge in [-0.25, -0.2) is 4.31 Å². The van der Waals surface area contributed by atoms with Gasteiger partial charge < -0.3 is 4.90 Å². The number of nitriles is 1. The number of thiocyanates is 1. The molecule has 0 aromatic heterocycles. The van der Waals surface area contributed by atoms with Gasteiger partial charge >= 0.3 is 0 Å². The van der Waals surface area contributed by atoms with Crippen LogP contribution in [0.4, 0.5) is 0 Å². The van der Waals surface area contributed by atoms with E-state index in [4.69, 9.17) is 5.26 Å². The molecular weight excluding hydrogens is 162 g/mol. The molecule has 1 rings (SSSR count). The summed E-state index contributed by atoms with van der Waals surface area (Å²) in [6.07, 6.45) is 0.856.